The number of hydrogen-bond acceptors (Lipinski definition) is 5. The van der Waals surface area contributed by atoms with Crippen molar-refractivity contribution in [2.45, 2.75) is 27.2 Å². The van der Waals surface area contributed by atoms with Crippen molar-refractivity contribution in [2.75, 3.05) is 0 Å². The van der Waals surface area contributed by atoms with Gasteiger partial charge in [-0.05, 0) is 26.8 Å². The molecule has 3 aromatic rings. The number of nitrogens with zero attached hydrogens (tertiary/aromatic N) is 4. The van der Waals surface area contributed by atoms with Crippen LogP contribution >= 0.6 is 0 Å². The molecule has 0 aliphatic heterocycles. The molecule has 0 atom stereocenters. The third-order valence-corrected chi connectivity index (χ3v) is 4.02. The van der Waals surface area contributed by atoms with Crippen LogP contribution in [0.1, 0.15) is 33.0 Å². The maximum absolute atomic E-state index is 12.6. The fourth-order valence-electron chi connectivity index (χ4n) is 2.82. The first-order valence-electron chi connectivity index (χ1n) is 7.47. The molecule has 122 valence electrons. The van der Waals surface area contributed by atoms with E-state index in [0.717, 1.165) is 28.3 Å². The van der Waals surface area contributed by atoms with Gasteiger partial charge in [-0.1, -0.05) is 12.1 Å². The second-order valence-electron chi connectivity index (χ2n) is 5.69. The van der Waals surface area contributed by atoms with Crippen molar-refractivity contribution >= 4 is 17.1 Å². The zero-order valence-electron chi connectivity index (χ0n) is 13.6. The molecule has 0 fully saturated rings. The van der Waals surface area contributed by atoms with Gasteiger partial charge in [0.15, 0.2) is 11.4 Å². The van der Waals surface area contributed by atoms with Gasteiger partial charge in [-0.25, -0.2) is 9.50 Å². The number of nitro benzene ring substituents is 1. The van der Waals surface area contributed by atoms with Crippen molar-refractivity contribution in [2.24, 2.45) is 0 Å². The Morgan fingerprint density at radius 1 is 1.25 bits per heavy atom. The summed E-state index contributed by atoms with van der Waals surface area (Å²) in [5.41, 5.74) is 3.79. The fourth-order valence-corrected chi connectivity index (χ4v) is 2.82. The lowest BCUT2D eigenvalue weighted by atomic mass is 9.99. The Morgan fingerprint density at radius 2 is 1.96 bits per heavy atom. The molecule has 0 bridgehead atoms. The number of aryl methyl sites for hydroxylation is 3. The third-order valence-electron chi connectivity index (χ3n) is 4.02. The molecule has 7 heteroatoms. The van der Waals surface area contributed by atoms with E-state index in [1.165, 1.54) is 12.1 Å². The van der Waals surface area contributed by atoms with Gasteiger partial charge in [-0.2, -0.15) is 5.10 Å². The summed E-state index contributed by atoms with van der Waals surface area (Å²) in [5, 5.41) is 15.5. The Hall–Kier alpha value is -3.09. The molecule has 2 aromatic heterocycles. The second kappa shape index (κ2) is 5.84. The number of ketones is 1. The summed E-state index contributed by atoms with van der Waals surface area (Å²) in [5.74, 6) is -0.307. The first kappa shape index (κ1) is 15.8. The predicted molar refractivity (Wildman–Crippen MR) is 88.3 cm³/mol. The van der Waals surface area contributed by atoms with E-state index in [-0.39, 0.29) is 23.5 Å². The van der Waals surface area contributed by atoms with Gasteiger partial charge in [0, 0.05) is 35.5 Å². The van der Waals surface area contributed by atoms with Gasteiger partial charge in [0.25, 0.3) is 5.69 Å². The zero-order valence-corrected chi connectivity index (χ0v) is 13.6. The van der Waals surface area contributed by atoms with Crippen LogP contribution in [-0.4, -0.2) is 25.3 Å². The van der Waals surface area contributed by atoms with Crippen LogP contribution in [-0.2, 0) is 6.42 Å². The second-order valence-corrected chi connectivity index (χ2v) is 5.69. The van der Waals surface area contributed by atoms with E-state index in [1.54, 1.807) is 16.6 Å². The van der Waals surface area contributed by atoms with Gasteiger partial charge in [0.05, 0.1) is 16.2 Å². The van der Waals surface area contributed by atoms with Crippen molar-refractivity contribution in [3.63, 3.8) is 0 Å². The van der Waals surface area contributed by atoms with E-state index in [1.807, 2.05) is 26.8 Å². The minimum Gasteiger partial charge on any atom is -0.294 e. The van der Waals surface area contributed by atoms with Crippen molar-refractivity contribution in [1.82, 2.24) is 14.6 Å². The van der Waals surface area contributed by atoms with Crippen LogP contribution in [0.2, 0.25) is 0 Å². The Balaban J connectivity index is 2.04. The number of carbonyl (C=O) groups is 1. The number of rotatable bonds is 4. The number of carbonyl (C=O) groups excluding carboxylic acids is 1. The van der Waals surface area contributed by atoms with Crippen LogP contribution in [0.3, 0.4) is 0 Å². The largest absolute Gasteiger partial charge is 0.294 e. The summed E-state index contributed by atoms with van der Waals surface area (Å²) in [4.78, 5) is 27.7. The Bertz CT molecular complexity index is 975. The lowest BCUT2D eigenvalue weighted by Gasteiger charge is -2.10. The highest BCUT2D eigenvalue weighted by Gasteiger charge is 2.21. The molecule has 1 aromatic carbocycles. The smallest absolute Gasteiger partial charge is 0.280 e. The van der Waals surface area contributed by atoms with Gasteiger partial charge in [0.1, 0.15) is 0 Å². The first-order valence-corrected chi connectivity index (χ1v) is 7.47. The van der Waals surface area contributed by atoms with Crippen molar-refractivity contribution < 1.29 is 9.72 Å². The van der Waals surface area contributed by atoms with Crippen molar-refractivity contribution in [3.8, 4) is 0 Å². The molecule has 0 unspecified atom stereocenters. The molecule has 0 spiro atoms. The van der Waals surface area contributed by atoms with Crippen LogP contribution in [0.25, 0.3) is 5.65 Å². The van der Waals surface area contributed by atoms with E-state index < -0.39 is 4.92 Å². The molecule has 0 radical (unpaired) electrons. The molecular weight excluding hydrogens is 308 g/mol. The number of para-hydroxylation sites is 1. The van der Waals surface area contributed by atoms with E-state index in [4.69, 9.17) is 0 Å². The normalized spacial score (nSPS) is 11.0. The van der Waals surface area contributed by atoms with Gasteiger partial charge in [-0.3, -0.25) is 14.9 Å². The predicted octanol–water partition coefficient (Wildman–Crippen LogP) is 2.99. The molecule has 7 nitrogen and oxygen atoms in total. The summed E-state index contributed by atoms with van der Waals surface area (Å²) < 4.78 is 1.70. The fraction of sp³-hybridized carbons (Fsp3) is 0.235. The Kier molecular flexibility index (Phi) is 3.84. The Labute approximate surface area is 138 Å². The van der Waals surface area contributed by atoms with Gasteiger partial charge in [0.2, 0.25) is 0 Å². The van der Waals surface area contributed by atoms with Crippen LogP contribution in [0.15, 0.2) is 30.3 Å². The highest BCUT2D eigenvalue weighted by atomic mass is 16.6. The molecule has 2 heterocycles. The van der Waals surface area contributed by atoms with Crippen LogP contribution in [0.4, 0.5) is 5.69 Å². The molecule has 0 N–H and O–H groups in total. The molecule has 0 aliphatic rings. The molecule has 0 saturated heterocycles. The van der Waals surface area contributed by atoms with Crippen LogP contribution in [0.5, 0.6) is 0 Å². The van der Waals surface area contributed by atoms with E-state index in [0.29, 0.717) is 0 Å². The van der Waals surface area contributed by atoms with Crippen molar-refractivity contribution in [3.05, 3.63) is 68.7 Å². The first-order chi connectivity index (χ1) is 11.4. The van der Waals surface area contributed by atoms with E-state index >= 15 is 0 Å². The quantitative estimate of drug-likeness (QED) is 0.418. The SMILES string of the molecule is Cc1cc2nc(C)c(CC(=O)c3ccccc3[N+](=O)[O-])c(C)n2n1. The molecule has 0 saturated carbocycles. The van der Waals surface area contributed by atoms with Gasteiger partial charge < -0.3 is 0 Å². The Morgan fingerprint density at radius 3 is 2.67 bits per heavy atom. The lowest BCUT2D eigenvalue weighted by molar-refractivity contribution is -0.385. The summed E-state index contributed by atoms with van der Waals surface area (Å²) in [6.45, 7) is 5.58. The van der Waals surface area contributed by atoms with Gasteiger partial charge >= 0.3 is 0 Å². The van der Waals surface area contributed by atoms with Gasteiger partial charge in [-0.15, -0.1) is 0 Å². The summed E-state index contributed by atoms with van der Waals surface area (Å²) in [7, 11) is 0. The number of fused-ring (bicyclic) bond motifs is 1. The summed E-state index contributed by atoms with van der Waals surface area (Å²) in [6, 6.07) is 7.86. The highest BCUT2D eigenvalue weighted by Crippen LogP contribution is 2.22. The number of nitro groups is 1. The van der Waals surface area contributed by atoms with Crippen LogP contribution in [0, 0.1) is 30.9 Å². The molecule has 24 heavy (non-hydrogen) atoms. The summed E-state index contributed by atoms with van der Waals surface area (Å²) in [6.07, 6.45) is 0.0460. The number of benzene rings is 1. The third kappa shape index (κ3) is 2.64. The summed E-state index contributed by atoms with van der Waals surface area (Å²) >= 11 is 0. The maximum atomic E-state index is 12.6. The molecule has 0 amide bonds. The molecule has 3 rings (SSSR count). The van der Waals surface area contributed by atoms with E-state index in [2.05, 4.69) is 10.1 Å². The average Bonchev–Trinajstić information content (AvgIpc) is 2.91. The monoisotopic (exact) mass is 324 g/mol. The molecule has 0 aliphatic carbocycles. The lowest BCUT2D eigenvalue weighted by Crippen LogP contribution is -2.12. The average molecular weight is 324 g/mol. The topological polar surface area (TPSA) is 90.4 Å². The number of Topliss-reactive ketones (excluding diaryl/α,β-unsaturated/α-hetero) is 1. The maximum Gasteiger partial charge on any atom is 0.280 e. The van der Waals surface area contributed by atoms with Crippen LogP contribution < -0.4 is 0 Å². The highest BCUT2D eigenvalue weighted by molar-refractivity contribution is 6.01. The van der Waals surface area contributed by atoms with E-state index in [9.17, 15) is 14.9 Å². The zero-order chi connectivity index (χ0) is 17.4. The number of aromatic nitrogens is 3. The number of hydrogen-bond donors (Lipinski definition) is 0. The molecular formula is C17H16N4O3. The standard InChI is InChI=1S/C17H16N4O3/c1-10-8-17-18-11(2)14(12(3)20(17)19-10)9-16(22)13-6-4-5-7-15(13)21(23)24/h4-8H,9H2,1-3H3. The van der Waals surface area contributed by atoms with Crippen molar-refractivity contribution in [1.29, 1.82) is 0 Å². The minimum absolute atomic E-state index is 0.0460. The minimum atomic E-state index is -0.536.